The SMILES string of the molecule is O=C(N[C@@H](Cc1ccccc1)C(=O)NCCOCCO)C1CC(C(=O)N[C@@H](Cc2ccccc2)C(=O)NCCOCCO)CC(C(=O)N[C@@H](Cc2ccccc2)C(=O)NCCOCCO)C1. The van der Waals surface area contributed by atoms with Crippen LogP contribution in [-0.4, -0.2) is 148 Å². The van der Waals surface area contributed by atoms with Gasteiger partial charge in [0.1, 0.15) is 18.1 Å². The van der Waals surface area contributed by atoms with Crippen LogP contribution in [0.5, 0.6) is 0 Å². The van der Waals surface area contributed by atoms with Crippen LogP contribution in [0.15, 0.2) is 91.0 Å². The Kier molecular flexibility index (Phi) is 24.4. The molecule has 0 radical (unpaired) electrons. The van der Waals surface area contributed by atoms with Gasteiger partial charge < -0.3 is 61.4 Å². The van der Waals surface area contributed by atoms with Crippen molar-refractivity contribution in [3.63, 3.8) is 0 Å². The lowest BCUT2D eigenvalue weighted by Gasteiger charge is -2.35. The number of nitrogens with one attached hydrogen (secondary N) is 6. The maximum atomic E-state index is 14.4. The minimum atomic E-state index is -1.04. The summed E-state index contributed by atoms with van der Waals surface area (Å²) in [6.07, 6.45) is 0.392. The summed E-state index contributed by atoms with van der Waals surface area (Å²) >= 11 is 0. The van der Waals surface area contributed by atoms with Crippen molar-refractivity contribution in [3.8, 4) is 0 Å². The molecule has 3 atom stereocenters. The van der Waals surface area contributed by atoms with Crippen molar-refractivity contribution in [1.82, 2.24) is 31.9 Å². The van der Waals surface area contributed by atoms with Gasteiger partial charge >= 0.3 is 0 Å². The van der Waals surface area contributed by atoms with Crippen molar-refractivity contribution >= 4 is 35.4 Å². The largest absolute Gasteiger partial charge is 0.394 e. The van der Waals surface area contributed by atoms with E-state index in [0.717, 1.165) is 16.7 Å². The van der Waals surface area contributed by atoms with Gasteiger partial charge in [0.2, 0.25) is 35.4 Å². The predicted octanol–water partition coefficient (Wildman–Crippen LogP) is -0.423. The Labute approximate surface area is 385 Å². The van der Waals surface area contributed by atoms with E-state index in [1.54, 1.807) is 0 Å². The minimum absolute atomic E-state index is 0.00737. The number of carbonyl (C=O) groups excluding carboxylic acids is 6. The summed E-state index contributed by atoms with van der Waals surface area (Å²) in [5, 5.41) is 44.1. The van der Waals surface area contributed by atoms with Gasteiger partial charge in [-0.2, -0.15) is 0 Å². The summed E-state index contributed by atoms with van der Waals surface area (Å²) in [5.74, 6) is -5.94. The van der Waals surface area contributed by atoms with Crippen molar-refractivity contribution in [2.75, 3.05) is 79.1 Å². The first kappa shape index (κ1) is 52.9. The lowest BCUT2D eigenvalue weighted by Crippen LogP contribution is -2.54. The molecular weight excluding hydrogens is 853 g/mol. The number of hydrogen-bond donors (Lipinski definition) is 9. The molecule has 18 nitrogen and oxygen atoms in total. The van der Waals surface area contributed by atoms with Gasteiger partial charge in [-0.05, 0) is 36.0 Å². The van der Waals surface area contributed by atoms with Crippen LogP contribution in [0.3, 0.4) is 0 Å². The predicted molar refractivity (Wildman–Crippen MR) is 243 cm³/mol. The van der Waals surface area contributed by atoms with Gasteiger partial charge in [-0.1, -0.05) is 91.0 Å². The van der Waals surface area contributed by atoms with Crippen molar-refractivity contribution in [1.29, 1.82) is 0 Å². The molecule has 1 aliphatic rings. The minimum Gasteiger partial charge on any atom is -0.394 e. The van der Waals surface area contributed by atoms with Gasteiger partial charge in [-0.15, -0.1) is 0 Å². The summed E-state index contributed by atoms with van der Waals surface area (Å²) in [6.45, 7) is 0.533. The summed E-state index contributed by atoms with van der Waals surface area (Å²) in [4.78, 5) is 84.0. The Balaban J connectivity index is 1.60. The quantitative estimate of drug-likeness (QED) is 0.0387. The average Bonchev–Trinajstić information content (AvgIpc) is 3.33. The molecule has 0 aliphatic heterocycles. The van der Waals surface area contributed by atoms with Gasteiger partial charge in [0.15, 0.2) is 0 Å². The highest BCUT2D eigenvalue weighted by Crippen LogP contribution is 2.35. The smallest absolute Gasteiger partial charge is 0.243 e. The molecule has 0 aromatic heterocycles. The van der Waals surface area contributed by atoms with Gasteiger partial charge in [0.05, 0.1) is 59.5 Å². The van der Waals surface area contributed by atoms with E-state index in [2.05, 4.69) is 31.9 Å². The maximum Gasteiger partial charge on any atom is 0.243 e. The molecule has 0 saturated heterocycles. The van der Waals surface area contributed by atoms with Crippen LogP contribution in [0.25, 0.3) is 0 Å². The summed E-state index contributed by atoms with van der Waals surface area (Å²) in [5.41, 5.74) is 2.33. The highest BCUT2D eigenvalue weighted by Gasteiger charge is 2.41. The second-order valence-corrected chi connectivity index (χ2v) is 15.9. The molecule has 360 valence electrons. The van der Waals surface area contributed by atoms with E-state index in [1.165, 1.54) is 0 Å². The second-order valence-electron chi connectivity index (χ2n) is 15.9. The standard InChI is InChI=1S/C48H66N6O12/c55-19-25-64-22-16-49-46(61)40(28-34-10-4-1-5-11-34)52-43(58)37-31-38(44(59)53-41(29-35-12-6-2-7-13-35)47(62)50-17-23-65-26-20-56)33-39(32-37)45(60)54-42(30-36-14-8-3-9-15-36)48(63)51-18-24-66-27-21-57/h1-15,37-42,55-57H,16-33H2,(H,49,61)(H,50,62)(H,51,63)(H,52,58)(H,53,59)(H,54,60)/t37?,38?,39?,40-,41-,42-/m0/s1. The molecule has 4 rings (SSSR count). The number of rotatable bonds is 30. The average molecular weight is 919 g/mol. The third-order valence-corrected chi connectivity index (χ3v) is 10.9. The Morgan fingerprint density at radius 3 is 0.924 bits per heavy atom. The lowest BCUT2D eigenvalue weighted by atomic mass is 9.73. The first-order valence-electron chi connectivity index (χ1n) is 22.5. The van der Waals surface area contributed by atoms with Crippen molar-refractivity contribution in [2.24, 2.45) is 17.8 Å². The molecule has 9 N–H and O–H groups in total. The van der Waals surface area contributed by atoms with Crippen LogP contribution in [0.1, 0.15) is 36.0 Å². The van der Waals surface area contributed by atoms with Crippen molar-refractivity contribution in [2.45, 2.75) is 56.7 Å². The number of benzene rings is 3. The molecule has 3 aromatic rings. The van der Waals surface area contributed by atoms with E-state index < -0.39 is 71.3 Å². The van der Waals surface area contributed by atoms with Gasteiger partial charge in [0.25, 0.3) is 0 Å². The number of ether oxygens (including phenoxy) is 3. The lowest BCUT2D eigenvalue weighted by molar-refractivity contribution is -0.139. The van der Waals surface area contributed by atoms with E-state index in [0.29, 0.717) is 0 Å². The normalized spacial score (nSPS) is 17.0. The Morgan fingerprint density at radius 2 is 0.682 bits per heavy atom. The molecule has 18 heteroatoms. The number of amides is 6. The molecular formula is C48H66N6O12. The third-order valence-electron chi connectivity index (χ3n) is 10.9. The van der Waals surface area contributed by atoms with Crippen LogP contribution in [0, 0.1) is 17.8 Å². The van der Waals surface area contributed by atoms with Gasteiger partial charge in [0, 0.05) is 56.7 Å². The second kappa shape index (κ2) is 30.4. The van der Waals surface area contributed by atoms with Crippen LogP contribution >= 0.6 is 0 Å². The first-order valence-corrected chi connectivity index (χ1v) is 22.5. The number of aliphatic hydroxyl groups is 3. The Hall–Kier alpha value is -5.76. The summed E-state index contributed by atoms with van der Waals surface area (Å²) in [6, 6.07) is 24.2. The maximum absolute atomic E-state index is 14.4. The highest BCUT2D eigenvalue weighted by molar-refractivity contribution is 5.93. The number of hydrogen-bond acceptors (Lipinski definition) is 12. The molecule has 0 bridgehead atoms. The molecule has 6 amide bonds. The van der Waals surface area contributed by atoms with E-state index in [9.17, 15) is 28.8 Å². The zero-order chi connectivity index (χ0) is 47.4. The monoisotopic (exact) mass is 918 g/mol. The number of carbonyl (C=O) groups is 6. The zero-order valence-electron chi connectivity index (χ0n) is 37.4. The fraction of sp³-hybridized carbons (Fsp3) is 0.500. The molecule has 0 unspecified atom stereocenters. The van der Waals surface area contributed by atoms with E-state index in [1.807, 2.05) is 91.0 Å². The Morgan fingerprint density at radius 1 is 0.424 bits per heavy atom. The molecule has 3 aromatic carbocycles. The molecule has 0 spiro atoms. The van der Waals surface area contributed by atoms with E-state index in [4.69, 9.17) is 29.5 Å². The molecule has 1 saturated carbocycles. The third kappa shape index (κ3) is 19.4. The van der Waals surface area contributed by atoms with Crippen LogP contribution in [-0.2, 0) is 62.2 Å². The zero-order valence-corrected chi connectivity index (χ0v) is 37.4. The number of aliphatic hydroxyl groups excluding tert-OH is 3. The van der Waals surface area contributed by atoms with Crippen LogP contribution in [0.2, 0.25) is 0 Å². The van der Waals surface area contributed by atoms with Crippen LogP contribution in [0.4, 0.5) is 0 Å². The summed E-state index contributed by atoms with van der Waals surface area (Å²) in [7, 11) is 0. The fourth-order valence-corrected chi connectivity index (χ4v) is 7.62. The highest BCUT2D eigenvalue weighted by atomic mass is 16.5. The Bertz CT molecular complexity index is 1690. The van der Waals surface area contributed by atoms with Crippen molar-refractivity contribution in [3.05, 3.63) is 108 Å². The van der Waals surface area contributed by atoms with Gasteiger partial charge in [-0.25, -0.2) is 0 Å². The van der Waals surface area contributed by atoms with E-state index in [-0.39, 0.29) is 118 Å². The van der Waals surface area contributed by atoms with Gasteiger partial charge in [-0.3, -0.25) is 28.8 Å². The van der Waals surface area contributed by atoms with Crippen molar-refractivity contribution < 1.29 is 58.3 Å². The molecule has 1 fully saturated rings. The fourth-order valence-electron chi connectivity index (χ4n) is 7.62. The molecule has 66 heavy (non-hydrogen) atoms. The van der Waals surface area contributed by atoms with Crippen LogP contribution < -0.4 is 31.9 Å². The summed E-state index contributed by atoms with van der Waals surface area (Å²) < 4.78 is 15.9. The molecule has 0 heterocycles. The first-order chi connectivity index (χ1) is 32.1. The van der Waals surface area contributed by atoms with E-state index >= 15 is 0 Å². The molecule has 1 aliphatic carbocycles. The topological polar surface area (TPSA) is 263 Å².